The molecule has 1 atom stereocenters. The summed E-state index contributed by atoms with van der Waals surface area (Å²) >= 11 is 5.98. The van der Waals surface area contributed by atoms with Crippen molar-refractivity contribution in [2.75, 3.05) is 38.8 Å². The SMILES string of the molecule is C[C@H]1COCCN1c1nc(Cl)nc(Oc2ccc(C(=O)N(C)C)cc2F)n1. The van der Waals surface area contributed by atoms with Gasteiger partial charge in [0.15, 0.2) is 11.6 Å². The number of hydrogen-bond donors (Lipinski definition) is 0. The maximum atomic E-state index is 14.4. The first-order valence-corrected chi connectivity index (χ1v) is 8.68. The van der Waals surface area contributed by atoms with E-state index in [1.807, 2.05) is 11.8 Å². The second-order valence-electron chi connectivity index (χ2n) is 6.25. The Morgan fingerprint density at radius 1 is 1.37 bits per heavy atom. The quantitative estimate of drug-likeness (QED) is 0.786. The molecule has 3 rings (SSSR count). The third kappa shape index (κ3) is 4.42. The number of anilines is 1. The molecular weight excluding hydrogens is 377 g/mol. The largest absolute Gasteiger partial charge is 0.421 e. The Morgan fingerprint density at radius 3 is 2.81 bits per heavy atom. The number of rotatable bonds is 4. The molecule has 0 radical (unpaired) electrons. The normalized spacial score (nSPS) is 16.9. The van der Waals surface area contributed by atoms with Crippen LogP contribution in [0.3, 0.4) is 0 Å². The minimum atomic E-state index is -0.708. The Labute approximate surface area is 160 Å². The van der Waals surface area contributed by atoms with Crippen LogP contribution in [0, 0.1) is 5.82 Å². The van der Waals surface area contributed by atoms with Gasteiger partial charge < -0.3 is 19.3 Å². The van der Waals surface area contributed by atoms with Gasteiger partial charge in [-0.2, -0.15) is 15.0 Å². The molecule has 2 heterocycles. The predicted octanol–water partition coefficient (Wildman–Crippen LogP) is 2.38. The van der Waals surface area contributed by atoms with E-state index in [-0.39, 0.29) is 34.6 Å². The zero-order chi connectivity index (χ0) is 19.6. The number of carbonyl (C=O) groups excluding carboxylic acids is 1. The maximum absolute atomic E-state index is 14.4. The standard InChI is InChI=1S/C17H19ClFN5O3/c1-10-9-26-7-6-24(10)16-20-15(18)21-17(22-16)27-13-5-4-11(8-12(13)19)14(25)23(2)3/h4-5,8,10H,6-7,9H2,1-3H3/t10-/m0/s1. The molecule has 144 valence electrons. The molecule has 10 heteroatoms. The molecule has 0 aliphatic carbocycles. The summed E-state index contributed by atoms with van der Waals surface area (Å²) in [5.74, 6) is -0.804. The molecule has 0 bridgehead atoms. The van der Waals surface area contributed by atoms with Crippen LogP contribution >= 0.6 is 11.6 Å². The summed E-state index contributed by atoms with van der Waals surface area (Å²) in [5, 5.41) is -0.0616. The molecule has 1 aliphatic rings. The van der Waals surface area contributed by atoms with Gasteiger partial charge in [0.05, 0.1) is 19.3 Å². The lowest BCUT2D eigenvalue weighted by atomic mass is 10.2. The van der Waals surface area contributed by atoms with E-state index in [1.54, 1.807) is 14.1 Å². The number of hydrogen-bond acceptors (Lipinski definition) is 7. The summed E-state index contributed by atoms with van der Waals surface area (Å²) < 4.78 is 25.2. The smallest absolute Gasteiger partial charge is 0.328 e. The minimum absolute atomic E-state index is 0.0538. The zero-order valence-corrected chi connectivity index (χ0v) is 15.9. The number of carbonyl (C=O) groups is 1. The Kier molecular flexibility index (Phi) is 5.71. The van der Waals surface area contributed by atoms with E-state index in [9.17, 15) is 9.18 Å². The first-order valence-electron chi connectivity index (χ1n) is 8.30. The molecule has 1 fully saturated rings. The second kappa shape index (κ2) is 8.01. The molecule has 1 aromatic heterocycles. The molecule has 1 saturated heterocycles. The summed E-state index contributed by atoms with van der Waals surface area (Å²) in [6.07, 6.45) is 0. The van der Waals surface area contributed by atoms with E-state index in [4.69, 9.17) is 21.1 Å². The molecular formula is C17H19ClFN5O3. The predicted molar refractivity (Wildman–Crippen MR) is 97.0 cm³/mol. The van der Waals surface area contributed by atoms with E-state index in [0.717, 1.165) is 6.07 Å². The second-order valence-corrected chi connectivity index (χ2v) is 6.59. The monoisotopic (exact) mass is 395 g/mol. The van der Waals surface area contributed by atoms with Crippen LogP contribution in [-0.2, 0) is 4.74 Å². The van der Waals surface area contributed by atoms with Crippen molar-refractivity contribution in [3.8, 4) is 11.8 Å². The van der Waals surface area contributed by atoms with Crippen LogP contribution in [0.4, 0.5) is 10.3 Å². The Balaban J connectivity index is 1.84. The van der Waals surface area contributed by atoms with Crippen LogP contribution in [0.15, 0.2) is 18.2 Å². The highest BCUT2D eigenvalue weighted by Gasteiger charge is 2.23. The lowest BCUT2D eigenvalue weighted by molar-refractivity contribution is 0.0827. The summed E-state index contributed by atoms with van der Waals surface area (Å²) in [4.78, 5) is 27.4. The summed E-state index contributed by atoms with van der Waals surface area (Å²) in [5.41, 5.74) is 0.210. The van der Waals surface area contributed by atoms with Gasteiger partial charge in [0.2, 0.25) is 11.2 Å². The lowest BCUT2D eigenvalue weighted by Gasteiger charge is -2.33. The van der Waals surface area contributed by atoms with Gasteiger partial charge in [-0.05, 0) is 36.7 Å². The molecule has 27 heavy (non-hydrogen) atoms. The van der Waals surface area contributed by atoms with Crippen molar-refractivity contribution in [2.24, 2.45) is 0 Å². The van der Waals surface area contributed by atoms with Crippen molar-refractivity contribution in [3.05, 3.63) is 34.9 Å². The fourth-order valence-electron chi connectivity index (χ4n) is 2.59. The van der Waals surface area contributed by atoms with Crippen LogP contribution in [0.5, 0.6) is 11.8 Å². The van der Waals surface area contributed by atoms with Crippen molar-refractivity contribution in [3.63, 3.8) is 0 Å². The van der Waals surface area contributed by atoms with Gasteiger partial charge in [0.25, 0.3) is 5.91 Å². The van der Waals surface area contributed by atoms with Crippen molar-refractivity contribution in [1.29, 1.82) is 0 Å². The molecule has 1 aliphatic heterocycles. The Morgan fingerprint density at radius 2 is 2.15 bits per heavy atom. The topological polar surface area (TPSA) is 80.7 Å². The number of nitrogens with zero attached hydrogens (tertiary/aromatic N) is 5. The fraction of sp³-hybridized carbons (Fsp3) is 0.412. The molecule has 0 spiro atoms. The van der Waals surface area contributed by atoms with E-state index < -0.39 is 5.82 Å². The summed E-state index contributed by atoms with van der Waals surface area (Å²) in [7, 11) is 3.18. The Bertz CT molecular complexity index is 851. The highest BCUT2D eigenvalue weighted by molar-refractivity contribution is 6.28. The number of aromatic nitrogens is 3. The van der Waals surface area contributed by atoms with Gasteiger partial charge in [-0.25, -0.2) is 4.39 Å². The van der Waals surface area contributed by atoms with E-state index >= 15 is 0 Å². The van der Waals surface area contributed by atoms with Crippen LogP contribution in [0.2, 0.25) is 5.28 Å². The van der Waals surface area contributed by atoms with Crippen molar-refractivity contribution < 1.29 is 18.7 Å². The highest BCUT2D eigenvalue weighted by atomic mass is 35.5. The van der Waals surface area contributed by atoms with E-state index in [0.29, 0.717) is 25.7 Å². The molecule has 8 nitrogen and oxygen atoms in total. The first-order chi connectivity index (χ1) is 12.8. The number of benzene rings is 1. The van der Waals surface area contributed by atoms with Crippen LogP contribution in [0.25, 0.3) is 0 Å². The van der Waals surface area contributed by atoms with Crippen molar-refractivity contribution >= 4 is 23.5 Å². The average Bonchev–Trinajstić information content (AvgIpc) is 2.62. The maximum Gasteiger partial charge on any atom is 0.328 e. The summed E-state index contributed by atoms with van der Waals surface area (Å²) in [6, 6.07) is 3.84. The zero-order valence-electron chi connectivity index (χ0n) is 15.1. The van der Waals surface area contributed by atoms with E-state index in [2.05, 4.69) is 15.0 Å². The van der Waals surface area contributed by atoms with Crippen LogP contribution < -0.4 is 9.64 Å². The van der Waals surface area contributed by atoms with Gasteiger partial charge in [-0.3, -0.25) is 4.79 Å². The van der Waals surface area contributed by atoms with Crippen LogP contribution in [-0.4, -0.2) is 65.7 Å². The number of amides is 1. The van der Waals surface area contributed by atoms with Gasteiger partial charge in [0, 0.05) is 26.2 Å². The molecule has 0 N–H and O–H groups in total. The number of ether oxygens (including phenoxy) is 2. The van der Waals surface area contributed by atoms with Crippen molar-refractivity contribution in [1.82, 2.24) is 19.9 Å². The van der Waals surface area contributed by atoms with Gasteiger partial charge in [0.1, 0.15) is 0 Å². The first kappa shape index (κ1) is 19.2. The van der Waals surface area contributed by atoms with E-state index in [1.165, 1.54) is 17.0 Å². The summed E-state index contributed by atoms with van der Waals surface area (Å²) in [6.45, 7) is 3.64. The third-order valence-corrected chi connectivity index (χ3v) is 4.16. The molecule has 1 aromatic carbocycles. The number of halogens is 2. The average molecular weight is 396 g/mol. The van der Waals surface area contributed by atoms with Crippen LogP contribution in [0.1, 0.15) is 17.3 Å². The Hall–Kier alpha value is -2.52. The minimum Gasteiger partial charge on any atom is -0.421 e. The van der Waals surface area contributed by atoms with Gasteiger partial charge in [-0.1, -0.05) is 0 Å². The van der Waals surface area contributed by atoms with Crippen molar-refractivity contribution in [2.45, 2.75) is 13.0 Å². The number of morpholine rings is 1. The van der Waals surface area contributed by atoms with Gasteiger partial charge >= 0.3 is 6.01 Å². The lowest BCUT2D eigenvalue weighted by Crippen LogP contribution is -2.44. The molecule has 0 saturated carbocycles. The van der Waals surface area contributed by atoms with Gasteiger partial charge in [-0.15, -0.1) is 0 Å². The molecule has 0 unspecified atom stereocenters. The fourth-order valence-corrected chi connectivity index (χ4v) is 2.74. The highest BCUT2D eigenvalue weighted by Crippen LogP contribution is 2.26. The third-order valence-electron chi connectivity index (χ3n) is 3.99. The molecule has 2 aromatic rings. The molecule has 1 amide bonds.